The van der Waals surface area contributed by atoms with Gasteiger partial charge in [0.2, 0.25) is 5.91 Å². The number of rotatable bonds is 5. The molecule has 2 aromatic rings. The molecule has 2 heterocycles. The molecule has 0 fully saturated rings. The number of hydrogen-bond donors (Lipinski definition) is 1. The molecule has 0 bridgehead atoms. The van der Waals surface area contributed by atoms with E-state index in [1.807, 2.05) is 24.3 Å². The van der Waals surface area contributed by atoms with Gasteiger partial charge in [-0.25, -0.2) is 9.97 Å². The van der Waals surface area contributed by atoms with Crippen molar-refractivity contribution in [2.75, 3.05) is 20.2 Å². The molecule has 1 aliphatic rings. The molecule has 0 unspecified atom stereocenters. The SMILES string of the molecule is COc1cccc(CNC(=O)CN2CCCc3nc(C)ncc3C2=O)c1. The van der Waals surface area contributed by atoms with Crippen LogP contribution < -0.4 is 10.1 Å². The number of benzene rings is 1. The predicted molar refractivity (Wildman–Crippen MR) is 95.8 cm³/mol. The van der Waals surface area contributed by atoms with Crippen LogP contribution in [0.1, 0.15) is 33.9 Å². The van der Waals surface area contributed by atoms with Crippen LogP contribution in [0, 0.1) is 6.92 Å². The molecule has 3 rings (SSSR count). The van der Waals surface area contributed by atoms with Gasteiger partial charge in [-0.3, -0.25) is 9.59 Å². The predicted octanol–water partition coefficient (Wildman–Crippen LogP) is 1.50. The van der Waals surface area contributed by atoms with Crippen LogP contribution in [0.3, 0.4) is 0 Å². The topological polar surface area (TPSA) is 84.4 Å². The zero-order valence-electron chi connectivity index (χ0n) is 15.0. The van der Waals surface area contributed by atoms with Gasteiger partial charge in [0.25, 0.3) is 5.91 Å². The van der Waals surface area contributed by atoms with Gasteiger partial charge in [-0.15, -0.1) is 0 Å². The largest absolute Gasteiger partial charge is 0.497 e. The van der Waals surface area contributed by atoms with Crippen LogP contribution in [0.15, 0.2) is 30.5 Å². The van der Waals surface area contributed by atoms with E-state index in [2.05, 4.69) is 15.3 Å². The number of amides is 2. The second-order valence-corrected chi connectivity index (χ2v) is 6.24. The molecule has 136 valence electrons. The molecule has 1 aromatic carbocycles. The van der Waals surface area contributed by atoms with E-state index in [9.17, 15) is 9.59 Å². The second kappa shape index (κ2) is 7.95. The first kappa shape index (κ1) is 17.8. The average Bonchev–Trinajstić information content (AvgIpc) is 2.79. The molecule has 26 heavy (non-hydrogen) atoms. The van der Waals surface area contributed by atoms with E-state index in [4.69, 9.17) is 4.74 Å². The maximum Gasteiger partial charge on any atom is 0.257 e. The molecule has 1 N–H and O–H groups in total. The summed E-state index contributed by atoms with van der Waals surface area (Å²) >= 11 is 0. The fourth-order valence-corrected chi connectivity index (χ4v) is 2.96. The zero-order chi connectivity index (χ0) is 18.5. The van der Waals surface area contributed by atoms with Crippen molar-refractivity contribution >= 4 is 11.8 Å². The highest BCUT2D eigenvalue weighted by Gasteiger charge is 2.25. The maximum atomic E-state index is 12.7. The fourth-order valence-electron chi connectivity index (χ4n) is 2.96. The van der Waals surface area contributed by atoms with Crippen LogP contribution in [0.4, 0.5) is 0 Å². The highest BCUT2D eigenvalue weighted by Crippen LogP contribution is 2.16. The number of fused-ring (bicyclic) bond motifs is 1. The minimum Gasteiger partial charge on any atom is -0.497 e. The molecule has 0 radical (unpaired) electrons. The molecular weight excluding hydrogens is 332 g/mol. The summed E-state index contributed by atoms with van der Waals surface area (Å²) in [7, 11) is 1.60. The van der Waals surface area contributed by atoms with Crippen molar-refractivity contribution < 1.29 is 14.3 Å². The van der Waals surface area contributed by atoms with E-state index in [0.29, 0.717) is 30.9 Å². The Bertz CT molecular complexity index is 822. The van der Waals surface area contributed by atoms with Crippen LogP contribution in [0.2, 0.25) is 0 Å². The van der Waals surface area contributed by atoms with Gasteiger partial charge in [0, 0.05) is 19.3 Å². The lowest BCUT2D eigenvalue weighted by Crippen LogP contribution is -2.40. The van der Waals surface area contributed by atoms with E-state index >= 15 is 0 Å². The Labute approximate surface area is 152 Å². The number of carbonyl (C=O) groups is 2. The number of ether oxygens (including phenoxy) is 1. The van der Waals surface area contributed by atoms with E-state index in [-0.39, 0.29) is 18.4 Å². The number of carbonyl (C=O) groups excluding carboxylic acids is 2. The normalized spacial score (nSPS) is 13.8. The van der Waals surface area contributed by atoms with Gasteiger partial charge in [-0.05, 0) is 37.5 Å². The third kappa shape index (κ3) is 4.17. The van der Waals surface area contributed by atoms with Crippen LogP contribution in [-0.2, 0) is 17.8 Å². The molecule has 2 amide bonds. The minimum atomic E-state index is -0.197. The van der Waals surface area contributed by atoms with Gasteiger partial charge in [0.1, 0.15) is 11.6 Å². The van der Waals surface area contributed by atoms with Crippen molar-refractivity contribution in [3.8, 4) is 5.75 Å². The Morgan fingerprint density at radius 3 is 3.04 bits per heavy atom. The summed E-state index contributed by atoms with van der Waals surface area (Å²) in [5, 5.41) is 2.85. The van der Waals surface area contributed by atoms with Crippen molar-refractivity contribution in [2.24, 2.45) is 0 Å². The third-order valence-electron chi connectivity index (χ3n) is 4.31. The van der Waals surface area contributed by atoms with Crippen LogP contribution in [0.5, 0.6) is 5.75 Å². The molecule has 0 atom stereocenters. The van der Waals surface area contributed by atoms with Gasteiger partial charge in [0.05, 0.1) is 24.9 Å². The summed E-state index contributed by atoms with van der Waals surface area (Å²) in [4.78, 5) is 35.0. The van der Waals surface area contributed by atoms with Gasteiger partial charge in [-0.1, -0.05) is 12.1 Å². The molecular formula is C19H22N4O3. The lowest BCUT2D eigenvalue weighted by Gasteiger charge is -2.20. The first-order valence-electron chi connectivity index (χ1n) is 8.58. The molecule has 0 spiro atoms. The Morgan fingerprint density at radius 2 is 2.23 bits per heavy atom. The van der Waals surface area contributed by atoms with Crippen molar-refractivity contribution in [1.29, 1.82) is 0 Å². The van der Waals surface area contributed by atoms with E-state index in [0.717, 1.165) is 23.4 Å². The summed E-state index contributed by atoms with van der Waals surface area (Å²) in [5.74, 6) is 1.01. The van der Waals surface area contributed by atoms with E-state index in [1.165, 1.54) is 0 Å². The summed E-state index contributed by atoms with van der Waals surface area (Å²) in [6, 6.07) is 7.50. The molecule has 7 heteroatoms. The van der Waals surface area contributed by atoms with Crippen LogP contribution in [-0.4, -0.2) is 46.9 Å². The van der Waals surface area contributed by atoms with Gasteiger partial charge in [0.15, 0.2) is 0 Å². The van der Waals surface area contributed by atoms with Crippen LogP contribution in [0.25, 0.3) is 0 Å². The summed E-state index contributed by atoms with van der Waals surface area (Å²) in [5.41, 5.74) is 2.20. The number of methoxy groups -OCH3 is 1. The van der Waals surface area contributed by atoms with Crippen molar-refractivity contribution in [2.45, 2.75) is 26.3 Å². The summed E-state index contributed by atoms with van der Waals surface area (Å²) < 4.78 is 5.18. The lowest BCUT2D eigenvalue weighted by atomic mass is 10.1. The van der Waals surface area contributed by atoms with E-state index in [1.54, 1.807) is 25.1 Å². The third-order valence-corrected chi connectivity index (χ3v) is 4.31. The Morgan fingerprint density at radius 1 is 1.38 bits per heavy atom. The Balaban J connectivity index is 1.61. The number of nitrogens with zero attached hydrogens (tertiary/aromatic N) is 3. The van der Waals surface area contributed by atoms with Gasteiger partial charge in [-0.2, -0.15) is 0 Å². The zero-order valence-corrected chi connectivity index (χ0v) is 15.0. The number of hydrogen-bond acceptors (Lipinski definition) is 5. The number of aromatic nitrogens is 2. The van der Waals surface area contributed by atoms with Gasteiger partial charge >= 0.3 is 0 Å². The number of nitrogens with one attached hydrogen (secondary N) is 1. The molecule has 1 aliphatic heterocycles. The monoisotopic (exact) mass is 354 g/mol. The highest BCUT2D eigenvalue weighted by atomic mass is 16.5. The standard InChI is InChI=1S/C19H22N4O3/c1-13-20-11-16-17(22-13)7-4-8-23(19(16)25)12-18(24)21-10-14-5-3-6-15(9-14)26-2/h3,5-6,9,11H,4,7-8,10,12H2,1-2H3,(H,21,24). The molecule has 0 aliphatic carbocycles. The second-order valence-electron chi connectivity index (χ2n) is 6.24. The Kier molecular flexibility index (Phi) is 5.46. The lowest BCUT2D eigenvalue weighted by molar-refractivity contribution is -0.122. The summed E-state index contributed by atoms with van der Waals surface area (Å²) in [6.07, 6.45) is 3.05. The quantitative estimate of drug-likeness (QED) is 0.880. The number of aryl methyl sites for hydroxylation is 2. The molecule has 1 aromatic heterocycles. The molecule has 0 saturated heterocycles. The first-order chi connectivity index (χ1) is 12.6. The Hall–Kier alpha value is -2.96. The highest BCUT2D eigenvalue weighted by molar-refractivity contribution is 5.97. The fraction of sp³-hybridized carbons (Fsp3) is 0.368. The smallest absolute Gasteiger partial charge is 0.257 e. The first-order valence-corrected chi connectivity index (χ1v) is 8.58. The van der Waals surface area contributed by atoms with Crippen molar-refractivity contribution in [1.82, 2.24) is 20.2 Å². The minimum absolute atomic E-state index is 0.0239. The van der Waals surface area contributed by atoms with Crippen molar-refractivity contribution in [3.63, 3.8) is 0 Å². The molecule has 7 nitrogen and oxygen atoms in total. The summed E-state index contributed by atoms with van der Waals surface area (Å²) in [6.45, 7) is 2.74. The van der Waals surface area contributed by atoms with Gasteiger partial charge < -0.3 is 15.0 Å². The maximum absolute atomic E-state index is 12.7. The average molecular weight is 354 g/mol. The van der Waals surface area contributed by atoms with Crippen LogP contribution >= 0.6 is 0 Å². The molecule has 0 saturated carbocycles. The van der Waals surface area contributed by atoms with E-state index < -0.39 is 0 Å². The van der Waals surface area contributed by atoms with Crippen molar-refractivity contribution in [3.05, 3.63) is 53.1 Å².